The lowest BCUT2D eigenvalue weighted by molar-refractivity contribution is -0.138. The first-order chi connectivity index (χ1) is 11.5. The molecule has 1 aromatic carbocycles. The number of aryl methyl sites for hydroxylation is 1. The van der Waals surface area contributed by atoms with Crippen LogP contribution >= 0.6 is 0 Å². The number of amides is 1. The molecule has 0 atom stereocenters. The summed E-state index contributed by atoms with van der Waals surface area (Å²) in [7, 11) is 1.36. The minimum Gasteiger partial charge on any atom is -0.475 e. The molecule has 1 aliphatic heterocycles. The Morgan fingerprint density at radius 3 is 2.62 bits per heavy atom. The number of carbonyl (C=O) groups excluding carboxylic acids is 2. The fraction of sp³-hybridized carbons (Fsp3) is 0.579. The van der Waals surface area contributed by atoms with E-state index in [1.165, 1.54) is 7.11 Å². The van der Waals surface area contributed by atoms with Crippen molar-refractivity contribution in [2.75, 3.05) is 18.6 Å². The summed E-state index contributed by atoms with van der Waals surface area (Å²) in [4.78, 5) is 27.0. The molecular formula is C19H25NO4. The van der Waals surface area contributed by atoms with Crippen molar-refractivity contribution < 1.29 is 19.1 Å². The van der Waals surface area contributed by atoms with Crippen molar-refractivity contribution in [2.45, 2.75) is 58.0 Å². The van der Waals surface area contributed by atoms with Gasteiger partial charge < -0.3 is 14.4 Å². The molecule has 1 fully saturated rings. The number of esters is 1. The molecule has 5 heteroatoms. The zero-order chi connectivity index (χ0) is 17.3. The maximum Gasteiger partial charge on any atom is 0.338 e. The predicted molar refractivity (Wildman–Crippen MR) is 91.6 cm³/mol. The SMILES string of the molecule is CCCN1C(=O)C2(CCCCC2)Oc2cc(C)c(C(=O)OC)cc21. The zero-order valence-corrected chi connectivity index (χ0v) is 14.7. The number of rotatable bonds is 3. The van der Waals surface area contributed by atoms with Gasteiger partial charge in [-0.25, -0.2) is 4.79 Å². The highest BCUT2D eigenvalue weighted by Gasteiger charge is 2.48. The summed E-state index contributed by atoms with van der Waals surface area (Å²) >= 11 is 0. The number of anilines is 1. The van der Waals surface area contributed by atoms with E-state index in [4.69, 9.17) is 9.47 Å². The first kappa shape index (κ1) is 16.8. The summed E-state index contributed by atoms with van der Waals surface area (Å²) in [5.41, 5.74) is 1.24. The Morgan fingerprint density at radius 2 is 2.00 bits per heavy atom. The zero-order valence-electron chi connectivity index (χ0n) is 14.7. The Hall–Kier alpha value is -2.04. The van der Waals surface area contributed by atoms with E-state index in [1.807, 2.05) is 19.9 Å². The van der Waals surface area contributed by atoms with Crippen molar-refractivity contribution in [3.05, 3.63) is 23.3 Å². The molecule has 1 aromatic rings. The van der Waals surface area contributed by atoms with E-state index in [9.17, 15) is 9.59 Å². The van der Waals surface area contributed by atoms with E-state index in [-0.39, 0.29) is 5.91 Å². The van der Waals surface area contributed by atoms with Crippen molar-refractivity contribution in [1.82, 2.24) is 0 Å². The van der Waals surface area contributed by atoms with E-state index in [1.54, 1.807) is 11.0 Å². The largest absolute Gasteiger partial charge is 0.475 e. The fourth-order valence-corrected chi connectivity index (χ4v) is 3.79. The topological polar surface area (TPSA) is 55.8 Å². The van der Waals surface area contributed by atoms with Gasteiger partial charge in [-0.15, -0.1) is 0 Å². The predicted octanol–water partition coefficient (Wildman–Crippen LogP) is 3.62. The number of ether oxygens (including phenoxy) is 2. The fourth-order valence-electron chi connectivity index (χ4n) is 3.79. The van der Waals surface area contributed by atoms with Crippen LogP contribution in [-0.4, -0.2) is 31.1 Å². The Kier molecular flexibility index (Phi) is 4.52. The number of fused-ring (bicyclic) bond motifs is 1. The minimum absolute atomic E-state index is 0.0382. The molecule has 1 saturated carbocycles. The van der Waals surface area contributed by atoms with Gasteiger partial charge >= 0.3 is 5.97 Å². The first-order valence-corrected chi connectivity index (χ1v) is 8.76. The first-order valence-electron chi connectivity index (χ1n) is 8.76. The van der Waals surface area contributed by atoms with E-state index in [2.05, 4.69) is 0 Å². The maximum absolute atomic E-state index is 13.2. The molecule has 0 saturated heterocycles. The standard InChI is InChI=1S/C19H25NO4/c1-4-10-20-15-12-14(17(21)23-3)13(2)11-16(15)24-19(18(20)22)8-6-5-7-9-19/h11-12H,4-10H2,1-3H3. The lowest BCUT2D eigenvalue weighted by Gasteiger charge is -2.44. The molecule has 1 heterocycles. The van der Waals surface area contributed by atoms with Gasteiger partial charge in [0.2, 0.25) is 0 Å². The third-order valence-corrected chi connectivity index (χ3v) is 5.05. The molecular weight excluding hydrogens is 306 g/mol. The van der Waals surface area contributed by atoms with Crippen LogP contribution in [0.25, 0.3) is 0 Å². The number of carbonyl (C=O) groups is 2. The van der Waals surface area contributed by atoms with Gasteiger partial charge in [-0.05, 0) is 56.7 Å². The van der Waals surface area contributed by atoms with Gasteiger partial charge in [0.05, 0.1) is 18.4 Å². The molecule has 1 spiro atoms. The Bertz CT molecular complexity index is 662. The molecule has 5 nitrogen and oxygen atoms in total. The van der Waals surface area contributed by atoms with Gasteiger partial charge in [-0.1, -0.05) is 13.3 Å². The molecule has 0 unspecified atom stereocenters. The molecule has 2 aliphatic rings. The smallest absolute Gasteiger partial charge is 0.338 e. The van der Waals surface area contributed by atoms with Crippen LogP contribution in [0.15, 0.2) is 12.1 Å². The average molecular weight is 331 g/mol. The van der Waals surface area contributed by atoms with Gasteiger partial charge in [0.15, 0.2) is 5.60 Å². The molecule has 0 N–H and O–H groups in total. The molecule has 3 rings (SSSR count). The second kappa shape index (κ2) is 6.46. The molecule has 1 amide bonds. The van der Waals surface area contributed by atoms with Crippen molar-refractivity contribution in [2.24, 2.45) is 0 Å². The number of nitrogens with zero attached hydrogens (tertiary/aromatic N) is 1. The van der Waals surface area contributed by atoms with Gasteiger partial charge in [0.1, 0.15) is 5.75 Å². The Morgan fingerprint density at radius 1 is 1.29 bits per heavy atom. The van der Waals surface area contributed by atoms with Crippen LogP contribution in [0.4, 0.5) is 5.69 Å². The highest BCUT2D eigenvalue weighted by molar-refractivity contribution is 6.04. The second-order valence-electron chi connectivity index (χ2n) is 6.74. The van der Waals surface area contributed by atoms with Gasteiger partial charge in [0.25, 0.3) is 5.91 Å². The molecule has 0 aromatic heterocycles. The summed E-state index contributed by atoms with van der Waals surface area (Å²) in [5, 5.41) is 0. The lowest BCUT2D eigenvalue weighted by Crippen LogP contribution is -2.57. The third kappa shape index (κ3) is 2.66. The molecule has 0 radical (unpaired) electrons. The highest BCUT2D eigenvalue weighted by Crippen LogP contribution is 2.45. The van der Waals surface area contributed by atoms with Crippen LogP contribution in [0, 0.1) is 6.92 Å². The van der Waals surface area contributed by atoms with Crippen LogP contribution in [0.1, 0.15) is 61.4 Å². The van der Waals surface area contributed by atoms with Gasteiger partial charge in [-0.3, -0.25) is 4.79 Å². The summed E-state index contributed by atoms with van der Waals surface area (Å²) in [6, 6.07) is 3.60. The summed E-state index contributed by atoms with van der Waals surface area (Å²) in [5.74, 6) is 0.350. The van der Waals surface area contributed by atoms with E-state index < -0.39 is 11.6 Å². The lowest BCUT2D eigenvalue weighted by atomic mass is 9.82. The molecule has 130 valence electrons. The van der Waals surface area contributed by atoms with Gasteiger partial charge in [0, 0.05) is 6.54 Å². The van der Waals surface area contributed by atoms with Crippen molar-refractivity contribution in [1.29, 1.82) is 0 Å². The van der Waals surface area contributed by atoms with Crippen LogP contribution in [0.3, 0.4) is 0 Å². The minimum atomic E-state index is -0.723. The van der Waals surface area contributed by atoms with Gasteiger partial charge in [-0.2, -0.15) is 0 Å². The molecule has 1 aliphatic carbocycles. The highest BCUT2D eigenvalue weighted by atomic mass is 16.5. The second-order valence-corrected chi connectivity index (χ2v) is 6.74. The van der Waals surface area contributed by atoms with Crippen LogP contribution in [-0.2, 0) is 9.53 Å². The quantitative estimate of drug-likeness (QED) is 0.794. The summed E-state index contributed by atoms with van der Waals surface area (Å²) in [6.45, 7) is 4.54. The molecule has 24 heavy (non-hydrogen) atoms. The molecule has 0 bridgehead atoms. The van der Waals surface area contributed by atoms with E-state index >= 15 is 0 Å². The average Bonchev–Trinajstić information content (AvgIpc) is 2.59. The number of hydrogen-bond donors (Lipinski definition) is 0. The maximum atomic E-state index is 13.2. The van der Waals surface area contributed by atoms with E-state index in [0.717, 1.165) is 44.1 Å². The third-order valence-electron chi connectivity index (χ3n) is 5.05. The monoisotopic (exact) mass is 331 g/mol. The van der Waals surface area contributed by atoms with Crippen molar-refractivity contribution in [3.8, 4) is 5.75 Å². The number of hydrogen-bond acceptors (Lipinski definition) is 4. The Balaban J connectivity index is 2.09. The summed E-state index contributed by atoms with van der Waals surface area (Å²) < 4.78 is 11.1. The van der Waals surface area contributed by atoms with Crippen LogP contribution in [0.2, 0.25) is 0 Å². The number of methoxy groups -OCH3 is 1. The van der Waals surface area contributed by atoms with Crippen molar-refractivity contribution in [3.63, 3.8) is 0 Å². The van der Waals surface area contributed by atoms with Crippen molar-refractivity contribution >= 4 is 17.6 Å². The summed E-state index contributed by atoms with van der Waals surface area (Å²) in [6.07, 6.45) is 5.56. The normalized spacial score (nSPS) is 19.0. The number of benzene rings is 1. The van der Waals surface area contributed by atoms with Crippen LogP contribution < -0.4 is 9.64 Å². The van der Waals surface area contributed by atoms with Crippen LogP contribution in [0.5, 0.6) is 5.75 Å². The Labute approximate surface area is 142 Å². The van der Waals surface area contributed by atoms with E-state index in [0.29, 0.717) is 23.5 Å².